The van der Waals surface area contributed by atoms with E-state index in [1.54, 1.807) is 0 Å². The van der Waals surface area contributed by atoms with Gasteiger partial charge < -0.3 is 31.5 Å². The molecular weight excluding hydrogens is 490 g/mol. The molecule has 35 heavy (non-hydrogen) atoms. The van der Waals surface area contributed by atoms with E-state index in [-0.39, 0.29) is 80.3 Å². The van der Waals surface area contributed by atoms with E-state index in [0.29, 0.717) is 17.8 Å². The van der Waals surface area contributed by atoms with Crippen LogP contribution in [0.3, 0.4) is 0 Å². The zero-order chi connectivity index (χ0) is 24.8. The number of carbonyl (C=O) groups excluding carboxylic acids is 2. The number of H-pyrrole nitrogens is 1. The Hall–Kier alpha value is -3.49. The minimum atomic E-state index is -1.36. The van der Waals surface area contributed by atoms with E-state index in [4.69, 9.17) is 10.8 Å². The van der Waals surface area contributed by atoms with Crippen molar-refractivity contribution in [2.24, 2.45) is 4.99 Å². The van der Waals surface area contributed by atoms with Crippen LogP contribution in [0.25, 0.3) is 0 Å². The normalized spacial score (nSPS) is 12.6. The van der Waals surface area contributed by atoms with Gasteiger partial charge in [-0.2, -0.15) is 4.98 Å². The van der Waals surface area contributed by atoms with Gasteiger partial charge in [0.25, 0.3) is 11.5 Å². The standard InChI is InChI=1S/C20H21N7O7.Ca.2H/c21-20-25-16-15(18(32)26-20)23-11(7-22-16)8-27(9-28)12-3-1-10(2-4-12)17(31)24-13(19(33)34)5-6-14(29)30;;;/h1-4,9,13H,5-8H2,(H,24,31)(H,29,30)(H,33,34)(H4,21,22,25,26,32);;;. The average molecular weight is 514 g/mol. The third-order valence-corrected chi connectivity index (χ3v) is 4.83. The van der Waals surface area contributed by atoms with E-state index in [9.17, 15) is 29.1 Å². The molecule has 0 saturated carbocycles. The Morgan fingerprint density at radius 2 is 1.91 bits per heavy atom. The van der Waals surface area contributed by atoms with Crippen LogP contribution in [-0.4, -0.2) is 107 Å². The first-order valence-electron chi connectivity index (χ1n) is 9.95. The van der Waals surface area contributed by atoms with E-state index in [2.05, 4.69) is 25.6 Å². The molecule has 7 N–H and O–H groups in total. The number of benzene rings is 1. The molecule has 0 spiro atoms. The Bertz CT molecular complexity index is 1210. The maximum absolute atomic E-state index is 12.4. The van der Waals surface area contributed by atoms with Crippen molar-refractivity contribution in [1.82, 2.24) is 15.3 Å². The second-order valence-corrected chi connectivity index (χ2v) is 7.26. The molecule has 1 aromatic heterocycles. The predicted molar refractivity (Wildman–Crippen MR) is 129 cm³/mol. The molecule has 1 aromatic carbocycles. The summed E-state index contributed by atoms with van der Waals surface area (Å²) in [6.45, 7) is 0.266. The first kappa shape index (κ1) is 27.8. The summed E-state index contributed by atoms with van der Waals surface area (Å²) in [5.74, 6) is -3.04. The molecule has 1 atom stereocenters. The number of amides is 2. The number of aliphatic carboxylic acids is 2. The van der Waals surface area contributed by atoms with Crippen LogP contribution in [0.2, 0.25) is 0 Å². The number of fused-ring (bicyclic) bond motifs is 1. The number of nitrogens with zero attached hydrogens (tertiary/aromatic N) is 3. The quantitative estimate of drug-likeness (QED) is 0.162. The first-order chi connectivity index (χ1) is 16.2. The fourth-order valence-corrected chi connectivity index (χ4v) is 3.14. The van der Waals surface area contributed by atoms with Crippen molar-refractivity contribution < 1.29 is 29.4 Å². The number of rotatable bonds is 10. The summed E-state index contributed by atoms with van der Waals surface area (Å²) in [4.78, 5) is 69.9. The molecule has 14 nitrogen and oxygen atoms in total. The number of carboxylic acid groups (broad SMARTS) is 2. The van der Waals surface area contributed by atoms with Gasteiger partial charge in [0.15, 0.2) is 11.5 Å². The van der Waals surface area contributed by atoms with Crippen LogP contribution in [-0.2, 0) is 14.4 Å². The molecule has 1 aliphatic rings. The van der Waals surface area contributed by atoms with Crippen LogP contribution in [0, 0.1) is 0 Å². The average Bonchev–Trinajstić information content (AvgIpc) is 2.80. The van der Waals surface area contributed by atoms with Gasteiger partial charge in [0.1, 0.15) is 6.04 Å². The second-order valence-electron chi connectivity index (χ2n) is 7.26. The van der Waals surface area contributed by atoms with Crippen LogP contribution in [0.5, 0.6) is 0 Å². The monoisotopic (exact) mass is 513 g/mol. The van der Waals surface area contributed by atoms with Gasteiger partial charge in [0.2, 0.25) is 12.4 Å². The summed E-state index contributed by atoms with van der Waals surface area (Å²) in [6.07, 6.45) is -0.119. The summed E-state index contributed by atoms with van der Waals surface area (Å²) in [5, 5.41) is 23.1. The fraction of sp³-hybridized carbons (Fsp3) is 0.250. The molecule has 0 aliphatic carbocycles. The van der Waals surface area contributed by atoms with Crippen molar-refractivity contribution >= 4 is 90.8 Å². The number of nitrogen functional groups attached to an aromatic ring is 1. The molecule has 1 aliphatic heterocycles. The molecule has 2 heterocycles. The third kappa shape index (κ3) is 7.24. The van der Waals surface area contributed by atoms with Crippen LogP contribution in [0.1, 0.15) is 23.2 Å². The molecule has 0 bridgehead atoms. The Labute approximate surface area is 227 Å². The van der Waals surface area contributed by atoms with Crippen molar-refractivity contribution in [1.29, 1.82) is 0 Å². The maximum atomic E-state index is 12.4. The van der Waals surface area contributed by atoms with Crippen LogP contribution < -0.4 is 26.8 Å². The van der Waals surface area contributed by atoms with Gasteiger partial charge in [0.05, 0.1) is 18.8 Å². The zero-order valence-electron chi connectivity index (χ0n) is 17.6. The summed E-state index contributed by atoms with van der Waals surface area (Å²) in [6, 6.07) is 4.39. The first-order valence-corrected chi connectivity index (χ1v) is 9.95. The van der Waals surface area contributed by atoms with E-state index in [0.717, 1.165) is 0 Å². The number of nitrogens with one attached hydrogen (secondary N) is 3. The van der Waals surface area contributed by atoms with E-state index in [1.807, 2.05) is 0 Å². The third-order valence-electron chi connectivity index (χ3n) is 4.83. The molecule has 0 fully saturated rings. The molecule has 2 amide bonds. The molecule has 0 saturated heterocycles. The molecule has 15 heteroatoms. The van der Waals surface area contributed by atoms with Gasteiger partial charge in [0, 0.05) is 17.7 Å². The Morgan fingerprint density at radius 3 is 2.51 bits per heavy atom. The van der Waals surface area contributed by atoms with Gasteiger partial charge >= 0.3 is 49.7 Å². The Kier molecular flexibility index (Phi) is 9.74. The van der Waals surface area contributed by atoms with E-state index < -0.39 is 35.9 Å². The molecule has 182 valence electrons. The molecule has 0 radical (unpaired) electrons. The number of aromatic amines is 1. The number of hydrogen-bond acceptors (Lipinski definition) is 9. The molecule has 2 aromatic rings. The number of carbonyl (C=O) groups is 4. The molecular formula is C20H23CaN7O7. The zero-order valence-corrected chi connectivity index (χ0v) is 17.6. The van der Waals surface area contributed by atoms with Crippen molar-refractivity contribution in [3.8, 4) is 0 Å². The van der Waals surface area contributed by atoms with Gasteiger partial charge in [-0.3, -0.25) is 24.2 Å². The molecule has 3 rings (SSSR count). The fourth-order valence-electron chi connectivity index (χ4n) is 3.14. The number of nitrogens with two attached hydrogens (primary N) is 1. The van der Waals surface area contributed by atoms with Gasteiger partial charge in [-0.15, -0.1) is 0 Å². The van der Waals surface area contributed by atoms with Crippen molar-refractivity contribution in [3.05, 3.63) is 40.2 Å². The van der Waals surface area contributed by atoms with Crippen molar-refractivity contribution in [3.63, 3.8) is 0 Å². The van der Waals surface area contributed by atoms with E-state index >= 15 is 0 Å². The van der Waals surface area contributed by atoms with Gasteiger partial charge in [-0.1, -0.05) is 0 Å². The number of aliphatic imine (C=N–C) groups is 1. The molecule has 1 unspecified atom stereocenters. The Balaban J connectivity index is 0.00000432. The SMILES string of the molecule is Nc1nc2c(c(=O)[nH]1)N=C(CN(C=O)c1ccc(C(=O)NC(CCC(=O)O)C(=O)O)cc1)CN2.[CaH2]. The summed E-state index contributed by atoms with van der Waals surface area (Å²) >= 11 is 0. The van der Waals surface area contributed by atoms with Crippen LogP contribution in [0.15, 0.2) is 34.1 Å². The summed E-state index contributed by atoms with van der Waals surface area (Å²) < 4.78 is 0. The van der Waals surface area contributed by atoms with Crippen LogP contribution >= 0.6 is 0 Å². The number of carboxylic acids is 2. The number of aromatic nitrogens is 2. The second kappa shape index (κ2) is 12.3. The van der Waals surface area contributed by atoms with Crippen molar-refractivity contribution in [2.45, 2.75) is 18.9 Å². The topological polar surface area (TPSA) is 220 Å². The van der Waals surface area contributed by atoms with Crippen molar-refractivity contribution in [2.75, 3.05) is 29.0 Å². The van der Waals surface area contributed by atoms with Gasteiger partial charge in [-0.25, -0.2) is 9.79 Å². The predicted octanol–water partition coefficient (Wildman–Crippen LogP) is -1.36. The number of anilines is 3. The Morgan fingerprint density at radius 1 is 1.23 bits per heavy atom. The summed E-state index contributed by atoms with van der Waals surface area (Å²) in [5.41, 5.74) is 6.04. The van der Waals surface area contributed by atoms with Crippen LogP contribution in [0.4, 0.5) is 23.1 Å². The van der Waals surface area contributed by atoms with Gasteiger partial charge in [-0.05, 0) is 30.7 Å². The van der Waals surface area contributed by atoms with E-state index in [1.165, 1.54) is 29.2 Å². The number of hydrogen-bond donors (Lipinski definition) is 6. The minimum absolute atomic E-state index is 0. The summed E-state index contributed by atoms with van der Waals surface area (Å²) in [7, 11) is 0.